The molecular weight excluding hydrogens is 276 g/mol. The first-order valence-electron chi connectivity index (χ1n) is 9.24. The van der Waals surface area contributed by atoms with E-state index >= 15 is 0 Å². The minimum absolute atomic E-state index is 0.0890. The second-order valence-electron chi connectivity index (χ2n) is 9.19. The molecule has 4 fully saturated rings. The van der Waals surface area contributed by atoms with Crippen LogP contribution in [-0.2, 0) is 4.79 Å². The Morgan fingerprint density at radius 2 is 1.82 bits per heavy atom. The largest absolute Gasteiger partial charge is 0.393 e. The fourth-order valence-corrected chi connectivity index (χ4v) is 7.14. The molecule has 8 atom stereocenters. The van der Waals surface area contributed by atoms with Gasteiger partial charge in [-0.3, -0.25) is 4.79 Å². The van der Waals surface area contributed by atoms with Crippen molar-refractivity contribution < 1.29 is 15.0 Å². The Labute approximate surface area is 133 Å². The molecule has 3 heteroatoms. The Bertz CT molecular complexity index is 489. The van der Waals surface area contributed by atoms with Crippen molar-refractivity contribution in [2.45, 2.75) is 77.4 Å². The fraction of sp³-hybridized carbons (Fsp3) is 0.947. The molecule has 0 aromatic carbocycles. The van der Waals surface area contributed by atoms with Gasteiger partial charge in [-0.1, -0.05) is 13.8 Å². The molecule has 0 bridgehead atoms. The van der Waals surface area contributed by atoms with Gasteiger partial charge < -0.3 is 10.2 Å². The van der Waals surface area contributed by atoms with Crippen molar-refractivity contribution in [3.8, 4) is 0 Å². The third-order valence-electron chi connectivity index (χ3n) is 8.36. The lowest BCUT2D eigenvalue weighted by atomic mass is 9.44. The van der Waals surface area contributed by atoms with Gasteiger partial charge in [0.1, 0.15) is 5.78 Å². The molecule has 0 spiro atoms. The van der Waals surface area contributed by atoms with Crippen LogP contribution in [0.4, 0.5) is 0 Å². The summed E-state index contributed by atoms with van der Waals surface area (Å²) in [5, 5.41) is 21.5. The molecule has 4 aliphatic carbocycles. The summed E-state index contributed by atoms with van der Waals surface area (Å²) in [5.41, 5.74) is 0.0411. The number of ketones is 1. The molecule has 0 aromatic rings. The van der Waals surface area contributed by atoms with E-state index in [9.17, 15) is 15.0 Å². The predicted octanol–water partition coefficient (Wildman–Crippen LogP) is 2.93. The lowest BCUT2D eigenvalue weighted by Crippen LogP contribution is -2.59. The van der Waals surface area contributed by atoms with Crippen LogP contribution in [0, 0.1) is 34.5 Å². The molecule has 0 amide bonds. The Morgan fingerprint density at radius 1 is 1.05 bits per heavy atom. The number of carbonyl (C=O) groups excluding carboxylic acids is 1. The molecule has 22 heavy (non-hydrogen) atoms. The number of Topliss-reactive ketones (excluding diaryl/α,β-unsaturated/α-hetero) is 1. The van der Waals surface area contributed by atoms with Crippen molar-refractivity contribution in [2.24, 2.45) is 34.5 Å². The van der Waals surface area contributed by atoms with Gasteiger partial charge in [-0.2, -0.15) is 0 Å². The van der Waals surface area contributed by atoms with Gasteiger partial charge >= 0.3 is 0 Å². The van der Waals surface area contributed by atoms with Crippen LogP contribution in [-0.4, -0.2) is 28.2 Å². The molecule has 0 aromatic heterocycles. The molecule has 0 radical (unpaired) electrons. The Kier molecular flexibility index (Phi) is 3.30. The number of carbonyl (C=O) groups is 1. The maximum atomic E-state index is 11.9. The first kappa shape index (κ1) is 15.1. The van der Waals surface area contributed by atoms with Crippen LogP contribution in [0.1, 0.15) is 65.2 Å². The van der Waals surface area contributed by atoms with Gasteiger partial charge in [0, 0.05) is 12.8 Å². The summed E-state index contributed by atoms with van der Waals surface area (Å²) in [6.45, 7) is 4.55. The van der Waals surface area contributed by atoms with Crippen LogP contribution in [0.15, 0.2) is 0 Å². The van der Waals surface area contributed by atoms with Crippen molar-refractivity contribution in [3.63, 3.8) is 0 Å². The molecule has 4 saturated carbocycles. The molecule has 124 valence electrons. The molecule has 0 aliphatic heterocycles. The molecule has 2 N–H and O–H groups in total. The van der Waals surface area contributed by atoms with Crippen LogP contribution >= 0.6 is 0 Å². The van der Waals surface area contributed by atoms with Crippen LogP contribution in [0.5, 0.6) is 0 Å². The molecular formula is C19H30O3. The highest BCUT2D eigenvalue weighted by atomic mass is 16.3. The highest BCUT2D eigenvalue weighted by Crippen LogP contribution is 2.65. The van der Waals surface area contributed by atoms with E-state index in [1.54, 1.807) is 0 Å². The van der Waals surface area contributed by atoms with E-state index in [2.05, 4.69) is 13.8 Å². The number of fused-ring (bicyclic) bond motifs is 5. The fourth-order valence-electron chi connectivity index (χ4n) is 7.14. The van der Waals surface area contributed by atoms with Gasteiger partial charge in [0.2, 0.25) is 0 Å². The van der Waals surface area contributed by atoms with E-state index in [1.165, 1.54) is 0 Å². The summed E-state index contributed by atoms with van der Waals surface area (Å²) in [4.78, 5) is 11.9. The predicted molar refractivity (Wildman–Crippen MR) is 84.1 cm³/mol. The topological polar surface area (TPSA) is 57.5 Å². The van der Waals surface area contributed by atoms with E-state index in [1.807, 2.05) is 0 Å². The third-order valence-corrected chi connectivity index (χ3v) is 8.36. The average Bonchev–Trinajstić information content (AvgIpc) is 2.75. The number of aliphatic hydroxyl groups is 2. The lowest BCUT2D eigenvalue weighted by molar-refractivity contribution is -0.177. The lowest BCUT2D eigenvalue weighted by Gasteiger charge is -2.61. The highest BCUT2D eigenvalue weighted by molar-refractivity contribution is 5.79. The van der Waals surface area contributed by atoms with Gasteiger partial charge in [0.05, 0.1) is 12.2 Å². The normalized spacial score (nSPS) is 57.9. The quantitative estimate of drug-likeness (QED) is 0.723. The highest BCUT2D eigenvalue weighted by Gasteiger charge is 2.62. The van der Waals surface area contributed by atoms with Gasteiger partial charge in [-0.15, -0.1) is 0 Å². The summed E-state index contributed by atoms with van der Waals surface area (Å²) in [5.74, 6) is 2.34. The van der Waals surface area contributed by atoms with Crippen molar-refractivity contribution >= 4 is 5.78 Å². The third kappa shape index (κ3) is 1.84. The van der Waals surface area contributed by atoms with Crippen LogP contribution < -0.4 is 0 Å². The minimum atomic E-state index is -0.306. The second-order valence-corrected chi connectivity index (χ2v) is 9.19. The van der Waals surface area contributed by atoms with Crippen molar-refractivity contribution in [1.82, 2.24) is 0 Å². The Morgan fingerprint density at radius 3 is 2.59 bits per heavy atom. The summed E-state index contributed by atoms with van der Waals surface area (Å²) < 4.78 is 0. The number of aliphatic hydroxyl groups excluding tert-OH is 2. The minimum Gasteiger partial charge on any atom is -0.393 e. The van der Waals surface area contributed by atoms with Gasteiger partial charge in [0.15, 0.2) is 0 Å². The number of hydrogen-bond donors (Lipinski definition) is 2. The zero-order valence-electron chi connectivity index (χ0n) is 13.9. The average molecular weight is 306 g/mol. The van der Waals surface area contributed by atoms with Gasteiger partial charge in [-0.25, -0.2) is 0 Å². The van der Waals surface area contributed by atoms with Gasteiger partial charge in [-0.05, 0) is 73.0 Å². The maximum absolute atomic E-state index is 11.9. The van der Waals surface area contributed by atoms with Crippen molar-refractivity contribution in [3.05, 3.63) is 0 Å². The van der Waals surface area contributed by atoms with Crippen LogP contribution in [0.25, 0.3) is 0 Å². The summed E-state index contributed by atoms with van der Waals surface area (Å²) in [6.07, 6.45) is 6.88. The van der Waals surface area contributed by atoms with Crippen LogP contribution in [0.2, 0.25) is 0 Å². The molecule has 4 rings (SSSR count). The zero-order valence-corrected chi connectivity index (χ0v) is 13.9. The Balaban J connectivity index is 1.69. The summed E-state index contributed by atoms with van der Waals surface area (Å²) >= 11 is 0. The van der Waals surface area contributed by atoms with Crippen molar-refractivity contribution in [2.75, 3.05) is 0 Å². The van der Waals surface area contributed by atoms with E-state index in [4.69, 9.17) is 0 Å². The SMILES string of the molecule is C[C@]12CCC(=O)C[C@@H]1CCC1[C@@H]2C(O)C[C@]2(C)C(O)CC[C@@H]12. The Hall–Kier alpha value is -0.410. The molecule has 3 nitrogen and oxygen atoms in total. The molecule has 0 saturated heterocycles. The van der Waals surface area contributed by atoms with E-state index in [0.29, 0.717) is 35.9 Å². The molecule has 3 unspecified atom stereocenters. The monoisotopic (exact) mass is 306 g/mol. The number of hydrogen-bond acceptors (Lipinski definition) is 3. The standard InChI is InChI=1S/C19H30O3/c1-18-8-7-12(20)9-11(18)3-4-13-14-5-6-16(22)19(14,2)10-15(21)17(13)18/h11,13-17,21-22H,3-10H2,1-2H3/t11-,13?,14-,15?,16?,17+,18-,19-/m0/s1. The van der Waals surface area contributed by atoms with Gasteiger partial charge in [0.25, 0.3) is 0 Å². The zero-order chi connectivity index (χ0) is 15.7. The van der Waals surface area contributed by atoms with E-state index in [-0.39, 0.29) is 23.0 Å². The van der Waals surface area contributed by atoms with Crippen molar-refractivity contribution in [1.29, 1.82) is 0 Å². The van der Waals surface area contributed by atoms with Crippen LogP contribution in [0.3, 0.4) is 0 Å². The smallest absolute Gasteiger partial charge is 0.133 e. The first-order chi connectivity index (χ1) is 10.4. The van der Waals surface area contributed by atoms with E-state index < -0.39 is 0 Å². The molecule has 4 aliphatic rings. The number of rotatable bonds is 0. The van der Waals surface area contributed by atoms with E-state index in [0.717, 1.165) is 44.9 Å². The summed E-state index contributed by atoms with van der Waals surface area (Å²) in [6, 6.07) is 0. The summed E-state index contributed by atoms with van der Waals surface area (Å²) in [7, 11) is 0. The maximum Gasteiger partial charge on any atom is 0.133 e. The first-order valence-corrected chi connectivity index (χ1v) is 9.24. The second kappa shape index (κ2) is 4.80. The molecule has 0 heterocycles.